The molecule has 1 saturated carbocycles. The Morgan fingerprint density at radius 1 is 0.930 bits per heavy atom. The van der Waals surface area contributed by atoms with Crippen LogP contribution in [0.2, 0.25) is 0 Å². The van der Waals surface area contributed by atoms with E-state index in [4.69, 9.17) is 9.47 Å². The van der Waals surface area contributed by atoms with Gasteiger partial charge in [0.2, 0.25) is 17.7 Å². The lowest BCUT2D eigenvalue weighted by atomic mass is 9.80. The fraction of sp³-hybridized carbons (Fsp3) is 0.645. The predicted octanol–water partition coefficient (Wildman–Crippen LogP) is 3.16. The van der Waals surface area contributed by atoms with Crippen molar-refractivity contribution < 1.29 is 33.4 Å². The summed E-state index contributed by atoms with van der Waals surface area (Å²) in [4.78, 5) is 66.9. The van der Waals surface area contributed by atoms with E-state index in [0.29, 0.717) is 25.7 Å². The Morgan fingerprint density at radius 2 is 1.51 bits per heavy atom. The molecule has 1 aromatic carbocycles. The number of nitrogens with one attached hydrogen (secondary N) is 3. The summed E-state index contributed by atoms with van der Waals surface area (Å²) in [5.74, 6) is -2.17. The Labute approximate surface area is 260 Å². The van der Waals surface area contributed by atoms with E-state index < -0.39 is 58.6 Å². The average molecular weight is 621 g/mol. The minimum absolute atomic E-state index is 0.0231. The van der Waals surface area contributed by atoms with E-state index in [0.717, 1.165) is 12.0 Å². The molecule has 0 radical (unpaired) electrons. The van der Waals surface area contributed by atoms with Crippen LogP contribution in [0.3, 0.4) is 0 Å². The van der Waals surface area contributed by atoms with Crippen LogP contribution in [0.15, 0.2) is 30.3 Å². The van der Waals surface area contributed by atoms with Gasteiger partial charge in [0.1, 0.15) is 35.4 Å². The van der Waals surface area contributed by atoms with Crippen molar-refractivity contribution in [3.05, 3.63) is 35.9 Å². The molecule has 0 unspecified atom stereocenters. The van der Waals surface area contributed by atoms with Gasteiger partial charge in [0.15, 0.2) is 0 Å². The summed E-state index contributed by atoms with van der Waals surface area (Å²) in [5, 5.41) is 8.03. The number of rotatable bonds is 11. The molecule has 11 nitrogen and oxygen atoms in total. The molecular weight excluding hydrogens is 572 g/mol. The van der Waals surface area contributed by atoms with Crippen molar-refractivity contribution in [1.82, 2.24) is 20.9 Å². The summed E-state index contributed by atoms with van der Waals surface area (Å²) in [6.45, 7) is 10.0. The molecule has 0 aliphatic heterocycles. The fourth-order valence-corrected chi connectivity index (χ4v) is 5.28. The van der Waals surface area contributed by atoms with Crippen LogP contribution < -0.4 is 16.0 Å². The maximum Gasteiger partial charge on any atom is 0.408 e. The number of esters is 1. The van der Waals surface area contributed by atoms with Crippen molar-refractivity contribution in [2.45, 2.75) is 109 Å². The monoisotopic (exact) mass is 620 g/mol. The predicted molar refractivity (Wildman–Crippen MR) is 167 cm³/mol. The minimum Gasteiger partial charge on any atom is -0.458 e. The Kier molecular flexibility index (Phi) is 12.9. The second-order valence-corrected chi connectivity index (χ2v) is 13.3. The van der Waals surface area contributed by atoms with Crippen LogP contribution in [-0.4, -0.2) is 82.9 Å². The Bertz CT molecular complexity index is 1130. The summed E-state index contributed by atoms with van der Waals surface area (Å²) in [7, 11) is 1.49. The highest BCUT2D eigenvalue weighted by molar-refractivity contribution is 7.80. The van der Waals surface area contributed by atoms with E-state index in [1.54, 1.807) is 41.5 Å². The lowest BCUT2D eigenvalue weighted by molar-refractivity contribution is -0.159. The molecule has 43 heavy (non-hydrogen) atoms. The first-order chi connectivity index (χ1) is 20.0. The lowest BCUT2D eigenvalue weighted by Crippen LogP contribution is -2.64. The zero-order valence-corrected chi connectivity index (χ0v) is 27.3. The first-order valence-electron chi connectivity index (χ1n) is 14.7. The van der Waals surface area contributed by atoms with E-state index in [9.17, 15) is 24.0 Å². The topological polar surface area (TPSA) is 143 Å². The van der Waals surface area contributed by atoms with Gasteiger partial charge in [-0.15, -0.1) is 0 Å². The first-order valence-corrected chi connectivity index (χ1v) is 15.3. The van der Waals surface area contributed by atoms with E-state index in [1.165, 1.54) is 11.9 Å². The van der Waals surface area contributed by atoms with Crippen LogP contribution in [0.4, 0.5) is 4.79 Å². The summed E-state index contributed by atoms with van der Waals surface area (Å²) in [6.07, 6.45) is 2.52. The number of benzene rings is 1. The fourth-order valence-electron chi connectivity index (χ4n) is 4.87. The highest BCUT2D eigenvalue weighted by Crippen LogP contribution is 2.30. The molecule has 3 N–H and O–H groups in total. The minimum atomic E-state index is -1.25. The number of likely N-dealkylation sites (N-methyl/N-ethyl adjacent to an activating group) is 1. The maximum absolute atomic E-state index is 14.0. The van der Waals surface area contributed by atoms with Gasteiger partial charge in [-0.05, 0) is 59.9 Å². The normalized spacial score (nSPS) is 16.2. The van der Waals surface area contributed by atoms with Crippen molar-refractivity contribution in [3.8, 4) is 0 Å². The number of hydrogen-bond acceptors (Lipinski definition) is 8. The third kappa shape index (κ3) is 11.7. The molecule has 0 heterocycles. The van der Waals surface area contributed by atoms with Gasteiger partial charge in [-0.2, -0.15) is 12.6 Å². The maximum atomic E-state index is 14.0. The van der Waals surface area contributed by atoms with Crippen molar-refractivity contribution in [2.75, 3.05) is 19.3 Å². The molecule has 2 atom stereocenters. The smallest absolute Gasteiger partial charge is 0.408 e. The number of carbonyl (C=O) groups is 5. The van der Waals surface area contributed by atoms with Crippen molar-refractivity contribution >= 4 is 42.4 Å². The van der Waals surface area contributed by atoms with Gasteiger partial charge in [0.25, 0.3) is 0 Å². The summed E-state index contributed by atoms with van der Waals surface area (Å²) >= 11 is 4.36. The van der Waals surface area contributed by atoms with E-state index in [1.807, 2.05) is 30.3 Å². The van der Waals surface area contributed by atoms with Gasteiger partial charge in [0.05, 0.1) is 0 Å². The standard InChI is InChI=1S/C31H48N4O7S/c1-29(2,3)41-26(38)22(18-21-14-10-8-11-15-21)33-25(37)23(20-43)35(7)27(39)31(16-12-9-13-17-31)34-24(36)19-32-28(40)42-30(4,5)6/h8,10-11,14-15,22-23,43H,9,12-13,16-20H2,1-7H3,(H,32,40)(H,33,37)(H,34,36)/t22-,23-/m0/s1. The molecule has 1 aliphatic rings. The van der Waals surface area contributed by atoms with Crippen LogP contribution in [-0.2, 0) is 35.1 Å². The summed E-state index contributed by atoms with van der Waals surface area (Å²) in [6, 6.07) is 7.20. The van der Waals surface area contributed by atoms with Gasteiger partial charge in [-0.3, -0.25) is 14.4 Å². The second-order valence-electron chi connectivity index (χ2n) is 12.9. The van der Waals surface area contributed by atoms with Crippen molar-refractivity contribution in [2.24, 2.45) is 0 Å². The zero-order chi connectivity index (χ0) is 32.4. The molecule has 4 amide bonds. The van der Waals surface area contributed by atoms with Gasteiger partial charge >= 0.3 is 12.1 Å². The quantitative estimate of drug-likeness (QED) is 0.220. The highest BCUT2D eigenvalue weighted by Gasteiger charge is 2.45. The van der Waals surface area contributed by atoms with Crippen LogP contribution in [0.5, 0.6) is 0 Å². The van der Waals surface area contributed by atoms with Gasteiger partial charge in [-0.25, -0.2) is 9.59 Å². The Hall–Kier alpha value is -3.28. The van der Waals surface area contributed by atoms with Crippen LogP contribution in [0.1, 0.15) is 79.2 Å². The molecular formula is C31H48N4O7S. The SMILES string of the molecule is CN(C(=O)C1(NC(=O)CNC(=O)OC(C)(C)C)CCCCC1)[C@@H](CS)C(=O)N[C@@H](Cc1ccccc1)C(=O)OC(C)(C)C. The zero-order valence-electron chi connectivity index (χ0n) is 26.5. The largest absolute Gasteiger partial charge is 0.458 e. The van der Waals surface area contributed by atoms with Gasteiger partial charge in [-0.1, -0.05) is 49.6 Å². The number of thiol groups is 1. The highest BCUT2D eigenvalue weighted by atomic mass is 32.1. The number of hydrogen-bond donors (Lipinski definition) is 4. The Morgan fingerprint density at radius 3 is 2.05 bits per heavy atom. The number of amides is 4. The third-order valence-corrected chi connectivity index (χ3v) is 7.19. The van der Waals surface area contributed by atoms with Crippen LogP contribution >= 0.6 is 12.6 Å². The summed E-state index contributed by atoms with van der Waals surface area (Å²) < 4.78 is 10.8. The molecule has 2 rings (SSSR count). The number of ether oxygens (including phenoxy) is 2. The lowest BCUT2D eigenvalue weighted by Gasteiger charge is -2.41. The summed E-state index contributed by atoms with van der Waals surface area (Å²) in [5.41, 5.74) is -1.92. The number of nitrogens with zero attached hydrogens (tertiary/aromatic N) is 1. The average Bonchev–Trinajstić information content (AvgIpc) is 2.90. The van der Waals surface area contributed by atoms with Crippen LogP contribution in [0, 0.1) is 0 Å². The molecule has 1 aromatic rings. The third-order valence-electron chi connectivity index (χ3n) is 6.84. The molecule has 12 heteroatoms. The van der Waals surface area contributed by atoms with E-state index in [2.05, 4.69) is 28.6 Å². The molecule has 240 valence electrons. The molecule has 1 fully saturated rings. The van der Waals surface area contributed by atoms with E-state index in [-0.39, 0.29) is 18.7 Å². The molecule has 1 aliphatic carbocycles. The van der Waals surface area contributed by atoms with Gasteiger partial charge in [0, 0.05) is 19.2 Å². The molecule has 0 bridgehead atoms. The second kappa shape index (κ2) is 15.4. The molecule has 0 saturated heterocycles. The van der Waals surface area contributed by atoms with Gasteiger partial charge < -0.3 is 30.3 Å². The number of carbonyl (C=O) groups excluding carboxylic acids is 5. The number of alkyl carbamates (subject to hydrolysis) is 1. The van der Waals surface area contributed by atoms with E-state index >= 15 is 0 Å². The molecule has 0 spiro atoms. The molecule has 0 aromatic heterocycles. The Balaban J connectivity index is 2.20. The first kappa shape index (κ1) is 35.9. The van der Waals surface area contributed by atoms with Crippen LogP contribution in [0.25, 0.3) is 0 Å². The van der Waals surface area contributed by atoms with Crippen molar-refractivity contribution in [1.29, 1.82) is 0 Å². The van der Waals surface area contributed by atoms with Crippen molar-refractivity contribution in [3.63, 3.8) is 0 Å².